The molecule has 0 aromatic carbocycles. The number of carbonyl (C=O) groups is 2. The molecule has 6 nitrogen and oxygen atoms in total. The van der Waals surface area contributed by atoms with Crippen LogP contribution >= 0.6 is 11.3 Å². The third-order valence-electron chi connectivity index (χ3n) is 4.52. The van der Waals surface area contributed by atoms with Gasteiger partial charge in [0.1, 0.15) is 0 Å². The van der Waals surface area contributed by atoms with Gasteiger partial charge < -0.3 is 10.6 Å². The molecule has 2 rings (SSSR count). The lowest BCUT2D eigenvalue weighted by Crippen LogP contribution is -2.47. The Balaban J connectivity index is 1.83. The standard InChI is InChI=1S/C17H28N4O2S/c1-5-11(2)18-16(23)14-7-6-8-21(9-14)10-15(22)20-17-19-12(3)13(4)24-17/h11,14H,5-10H2,1-4H3,(H,18,23)(H,19,20,22). The zero-order valence-corrected chi connectivity index (χ0v) is 15.8. The van der Waals surface area contributed by atoms with Crippen molar-refractivity contribution in [2.75, 3.05) is 25.0 Å². The van der Waals surface area contributed by atoms with E-state index in [-0.39, 0.29) is 23.8 Å². The van der Waals surface area contributed by atoms with Gasteiger partial charge in [-0.1, -0.05) is 6.92 Å². The van der Waals surface area contributed by atoms with Crippen LogP contribution in [-0.2, 0) is 9.59 Å². The van der Waals surface area contributed by atoms with Gasteiger partial charge in [-0.2, -0.15) is 0 Å². The molecule has 0 bridgehead atoms. The Morgan fingerprint density at radius 1 is 1.42 bits per heavy atom. The molecule has 1 aliphatic rings. The molecular weight excluding hydrogens is 324 g/mol. The minimum Gasteiger partial charge on any atom is -0.353 e. The molecule has 0 saturated carbocycles. The number of amides is 2. The summed E-state index contributed by atoms with van der Waals surface area (Å²) in [6.07, 6.45) is 2.77. The van der Waals surface area contributed by atoms with Crippen molar-refractivity contribution in [2.45, 2.75) is 53.0 Å². The number of hydrogen-bond donors (Lipinski definition) is 2. The van der Waals surface area contributed by atoms with E-state index in [1.54, 1.807) is 0 Å². The van der Waals surface area contributed by atoms with Crippen molar-refractivity contribution in [3.05, 3.63) is 10.6 Å². The molecule has 7 heteroatoms. The van der Waals surface area contributed by atoms with Gasteiger partial charge in [-0.05, 0) is 46.6 Å². The van der Waals surface area contributed by atoms with Crippen LogP contribution in [0.1, 0.15) is 43.7 Å². The van der Waals surface area contributed by atoms with Crippen molar-refractivity contribution < 1.29 is 9.59 Å². The molecule has 2 heterocycles. The normalized spacial score (nSPS) is 19.8. The van der Waals surface area contributed by atoms with Crippen LogP contribution in [0.25, 0.3) is 0 Å². The summed E-state index contributed by atoms with van der Waals surface area (Å²) in [5, 5.41) is 6.56. The molecule has 1 fully saturated rings. The zero-order valence-electron chi connectivity index (χ0n) is 15.0. The van der Waals surface area contributed by atoms with Crippen molar-refractivity contribution in [3.63, 3.8) is 0 Å². The first-order valence-electron chi connectivity index (χ1n) is 8.65. The number of aromatic nitrogens is 1. The number of carbonyl (C=O) groups excluding carboxylic acids is 2. The van der Waals surface area contributed by atoms with Crippen LogP contribution in [0, 0.1) is 19.8 Å². The fourth-order valence-electron chi connectivity index (χ4n) is 2.76. The van der Waals surface area contributed by atoms with Gasteiger partial charge >= 0.3 is 0 Å². The molecule has 2 atom stereocenters. The average Bonchev–Trinajstić information content (AvgIpc) is 2.84. The fourth-order valence-corrected chi connectivity index (χ4v) is 3.59. The lowest BCUT2D eigenvalue weighted by molar-refractivity contribution is -0.128. The summed E-state index contributed by atoms with van der Waals surface area (Å²) in [5.74, 6) is 0.0252. The van der Waals surface area contributed by atoms with Gasteiger partial charge in [-0.15, -0.1) is 11.3 Å². The number of nitrogens with one attached hydrogen (secondary N) is 2. The summed E-state index contributed by atoms with van der Waals surface area (Å²) in [7, 11) is 0. The van der Waals surface area contributed by atoms with Crippen molar-refractivity contribution in [2.24, 2.45) is 5.92 Å². The summed E-state index contributed by atoms with van der Waals surface area (Å²) < 4.78 is 0. The SMILES string of the molecule is CCC(C)NC(=O)C1CCCN(CC(=O)Nc2nc(C)c(C)s2)C1. The maximum absolute atomic E-state index is 12.3. The lowest BCUT2D eigenvalue weighted by atomic mass is 9.96. The van der Waals surface area contributed by atoms with E-state index in [1.807, 2.05) is 20.8 Å². The smallest absolute Gasteiger partial charge is 0.240 e. The molecule has 1 aliphatic heterocycles. The number of hydrogen-bond acceptors (Lipinski definition) is 5. The van der Waals surface area contributed by atoms with Crippen LogP contribution in [0.15, 0.2) is 0 Å². The Morgan fingerprint density at radius 3 is 2.79 bits per heavy atom. The summed E-state index contributed by atoms with van der Waals surface area (Å²) in [6.45, 7) is 9.82. The second kappa shape index (κ2) is 8.58. The molecule has 2 unspecified atom stereocenters. The van der Waals surface area contributed by atoms with Crippen LogP contribution in [0.5, 0.6) is 0 Å². The van der Waals surface area contributed by atoms with Crippen molar-refractivity contribution >= 4 is 28.3 Å². The number of likely N-dealkylation sites (tertiary alicyclic amines) is 1. The predicted octanol–water partition coefficient (Wildman–Crippen LogP) is 2.33. The number of piperidine rings is 1. The van der Waals surface area contributed by atoms with Gasteiger partial charge in [0.2, 0.25) is 11.8 Å². The highest BCUT2D eigenvalue weighted by Crippen LogP contribution is 2.21. The van der Waals surface area contributed by atoms with Crippen molar-refractivity contribution in [3.8, 4) is 0 Å². The maximum atomic E-state index is 12.3. The molecule has 2 N–H and O–H groups in total. The van der Waals surface area contributed by atoms with Crippen LogP contribution < -0.4 is 10.6 Å². The minimum atomic E-state index is -0.0632. The second-order valence-electron chi connectivity index (χ2n) is 6.60. The van der Waals surface area contributed by atoms with E-state index in [9.17, 15) is 9.59 Å². The molecule has 1 aromatic rings. The molecule has 24 heavy (non-hydrogen) atoms. The number of aryl methyl sites for hydroxylation is 2. The first-order chi connectivity index (χ1) is 11.4. The quantitative estimate of drug-likeness (QED) is 0.824. The first-order valence-corrected chi connectivity index (χ1v) is 9.47. The third kappa shape index (κ3) is 5.27. The van der Waals surface area contributed by atoms with Crippen molar-refractivity contribution in [1.82, 2.24) is 15.2 Å². The van der Waals surface area contributed by atoms with E-state index < -0.39 is 0 Å². The predicted molar refractivity (Wildman–Crippen MR) is 97.3 cm³/mol. The van der Waals surface area contributed by atoms with Gasteiger partial charge in [0.25, 0.3) is 0 Å². The van der Waals surface area contributed by atoms with Crippen LogP contribution in [0.2, 0.25) is 0 Å². The van der Waals surface area contributed by atoms with E-state index in [0.717, 1.165) is 36.4 Å². The first kappa shape index (κ1) is 18.9. The molecule has 0 spiro atoms. The lowest BCUT2D eigenvalue weighted by Gasteiger charge is -2.31. The Labute approximate surface area is 148 Å². The molecule has 1 aromatic heterocycles. The second-order valence-corrected chi connectivity index (χ2v) is 7.80. The van der Waals surface area contributed by atoms with Crippen LogP contribution in [0.3, 0.4) is 0 Å². The highest BCUT2D eigenvalue weighted by Gasteiger charge is 2.27. The Bertz CT molecular complexity index is 568. The molecule has 2 amide bonds. The molecule has 1 saturated heterocycles. The number of anilines is 1. The Morgan fingerprint density at radius 2 is 2.17 bits per heavy atom. The number of thiazole rings is 1. The highest BCUT2D eigenvalue weighted by molar-refractivity contribution is 7.15. The summed E-state index contributed by atoms with van der Waals surface area (Å²) >= 11 is 1.49. The third-order valence-corrected chi connectivity index (χ3v) is 5.51. The number of nitrogens with zero attached hydrogens (tertiary/aromatic N) is 2. The van der Waals surface area contributed by atoms with E-state index in [2.05, 4.69) is 27.4 Å². The van der Waals surface area contributed by atoms with E-state index >= 15 is 0 Å². The molecule has 134 valence electrons. The van der Waals surface area contributed by atoms with E-state index in [1.165, 1.54) is 11.3 Å². The van der Waals surface area contributed by atoms with Crippen molar-refractivity contribution in [1.29, 1.82) is 0 Å². The largest absolute Gasteiger partial charge is 0.353 e. The van der Waals surface area contributed by atoms with Gasteiger partial charge in [0.15, 0.2) is 5.13 Å². The van der Waals surface area contributed by atoms with Gasteiger partial charge in [0.05, 0.1) is 18.2 Å². The van der Waals surface area contributed by atoms with Crippen LogP contribution in [-0.4, -0.2) is 47.4 Å². The summed E-state index contributed by atoms with van der Waals surface area (Å²) in [5.41, 5.74) is 0.954. The topological polar surface area (TPSA) is 74.3 Å². The molecular formula is C17H28N4O2S. The highest BCUT2D eigenvalue weighted by atomic mass is 32.1. The minimum absolute atomic E-state index is 0.0232. The summed E-state index contributed by atoms with van der Waals surface area (Å²) in [4.78, 5) is 32.0. The maximum Gasteiger partial charge on any atom is 0.240 e. The Hall–Kier alpha value is -1.47. The molecule has 0 aliphatic carbocycles. The fraction of sp³-hybridized carbons (Fsp3) is 0.706. The number of rotatable bonds is 6. The van der Waals surface area contributed by atoms with Gasteiger partial charge in [0, 0.05) is 17.5 Å². The van der Waals surface area contributed by atoms with E-state index in [4.69, 9.17) is 0 Å². The monoisotopic (exact) mass is 352 g/mol. The van der Waals surface area contributed by atoms with Gasteiger partial charge in [-0.3, -0.25) is 14.5 Å². The van der Waals surface area contributed by atoms with Crippen LogP contribution in [0.4, 0.5) is 5.13 Å². The molecule has 0 radical (unpaired) electrons. The van der Waals surface area contributed by atoms with E-state index in [0.29, 0.717) is 18.2 Å². The average molecular weight is 353 g/mol. The Kier molecular flexibility index (Phi) is 6.74. The van der Waals surface area contributed by atoms with Gasteiger partial charge in [-0.25, -0.2) is 4.98 Å². The summed E-state index contributed by atoms with van der Waals surface area (Å²) in [6, 6.07) is 0.201. The zero-order chi connectivity index (χ0) is 17.7.